The topological polar surface area (TPSA) is 66.4 Å². The van der Waals surface area contributed by atoms with Crippen LogP contribution in [0.2, 0.25) is 0 Å². The minimum Gasteiger partial charge on any atom is -0.480 e. The first-order chi connectivity index (χ1) is 8.05. The molecule has 0 heterocycles. The first-order valence-electron chi connectivity index (χ1n) is 5.83. The van der Waals surface area contributed by atoms with Crippen LogP contribution < -0.4 is 5.32 Å². The lowest BCUT2D eigenvalue weighted by Gasteiger charge is -2.39. The molecule has 0 aromatic carbocycles. The molecule has 1 rings (SSSR count). The molecule has 1 fully saturated rings. The van der Waals surface area contributed by atoms with E-state index < -0.39 is 11.5 Å². The molecule has 0 radical (unpaired) electrons. The summed E-state index contributed by atoms with van der Waals surface area (Å²) >= 11 is 0. The number of carboxylic acid groups (broad SMARTS) is 1. The molecule has 17 heavy (non-hydrogen) atoms. The smallest absolute Gasteiger partial charge is 0.329 e. The van der Waals surface area contributed by atoms with Gasteiger partial charge in [-0.2, -0.15) is 0 Å². The Morgan fingerprint density at radius 3 is 2.12 bits per heavy atom. The van der Waals surface area contributed by atoms with Crippen molar-refractivity contribution in [3.05, 3.63) is 25.3 Å². The number of rotatable bonds is 7. The van der Waals surface area contributed by atoms with Crippen LogP contribution in [0.5, 0.6) is 0 Å². The maximum Gasteiger partial charge on any atom is 0.329 e. The zero-order chi connectivity index (χ0) is 12.9. The third-order valence-electron chi connectivity index (χ3n) is 3.25. The largest absolute Gasteiger partial charge is 0.480 e. The predicted molar refractivity (Wildman–Crippen MR) is 65.5 cm³/mol. The Balaban J connectivity index is 2.65. The van der Waals surface area contributed by atoms with Gasteiger partial charge in [-0.15, -0.1) is 13.2 Å². The van der Waals surface area contributed by atoms with Crippen molar-refractivity contribution in [3.8, 4) is 0 Å². The Labute approximate surface area is 101 Å². The molecular weight excluding hydrogens is 218 g/mol. The zero-order valence-corrected chi connectivity index (χ0v) is 9.95. The van der Waals surface area contributed by atoms with Crippen molar-refractivity contribution in [3.63, 3.8) is 0 Å². The number of nitrogens with one attached hydrogen (secondary N) is 1. The number of carboxylic acids is 1. The van der Waals surface area contributed by atoms with Crippen LogP contribution in [0.1, 0.15) is 32.1 Å². The van der Waals surface area contributed by atoms with Crippen molar-refractivity contribution in [2.45, 2.75) is 37.6 Å². The van der Waals surface area contributed by atoms with E-state index in [-0.39, 0.29) is 11.8 Å². The van der Waals surface area contributed by atoms with E-state index in [2.05, 4.69) is 18.5 Å². The minimum absolute atomic E-state index is 0.216. The first-order valence-corrected chi connectivity index (χ1v) is 5.83. The van der Waals surface area contributed by atoms with Crippen molar-refractivity contribution in [2.75, 3.05) is 0 Å². The molecule has 4 heteroatoms. The van der Waals surface area contributed by atoms with Gasteiger partial charge in [0.25, 0.3) is 0 Å². The van der Waals surface area contributed by atoms with Gasteiger partial charge < -0.3 is 10.4 Å². The number of hydrogen-bond donors (Lipinski definition) is 2. The summed E-state index contributed by atoms with van der Waals surface area (Å²) in [5.74, 6) is -1.42. The maximum absolute atomic E-state index is 12.0. The highest BCUT2D eigenvalue weighted by Crippen LogP contribution is 2.32. The molecule has 1 amide bonds. The molecule has 0 saturated heterocycles. The van der Waals surface area contributed by atoms with E-state index in [4.69, 9.17) is 5.11 Å². The molecule has 0 aromatic rings. The summed E-state index contributed by atoms with van der Waals surface area (Å²) in [5.41, 5.74) is -1.03. The van der Waals surface area contributed by atoms with Crippen LogP contribution in [0.3, 0.4) is 0 Å². The lowest BCUT2D eigenvalue weighted by molar-refractivity contribution is -0.152. The lowest BCUT2D eigenvalue weighted by Crippen LogP contribution is -2.60. The summed E-state index contributed by atoms with van der Waals surface area (Å²) in [7, 11) is 0. The third kappa shape index (κ3) is 2.96. The fourth-order valence-electron chi connectivity index (χ4n) is 1.97. The molecule has 2 N–H and O–H groups in total. The van der Waals surface area contributed by atoms with Gasteiger partial charge in [-0.25, -0.2) is 4.79 Å². The number of hydrogen-bond acceptors (Lipinski definition) is 2. The van der Waals surface area contributed by atoms with Crippen LogP contribution in [-0.2, 0) is 9.59 Å². The molecule has 1 saturated carbocycles. The SMILES string of the molecule is C=CCC(CC=C)C(=O)NC1(C(=O)O)CCC1. The number of aliphatic carboxylic acids is 1. The van der Waals surface area contributed by atoms with E-state index >= 15 is 0 Å². The maximum atomic E-state index is 12.0. The summed E-state index contributed by atoms with van der Waals surface area (Å²) in [6, 6.07) is 0. The van der Waals surface area contributed by atoms with E-state index in [1.807, 2.05) is 0 Å². The van der Waals surface area contributed by atoms with Crippen LogP contribution in [0.15, 0.2) is 25.3 Å². The molecule has 0 bridgehead atoms. The summed E-state index contributed by atoms with van der Waals surface area (Å²) < 4.78 is 0. The second-order valence-corrected chi connectivity index (χ2v) is 4.48. The monoisotopic (exact) mass is 237 g/mol. The summed E-state index contributed by atoms with van der Waals surface area (Å²) in [5, 5.41) is 11.8. The minimum atomic E-state index is -1.03. The molecule has 0 spiro atoms. The predicted octanol–water partition coefficient (Wildman–Crippen LogP) is 1.88. The molecule has 1 aliphatic carbocycles. The average molecular weight is 237 g/mol. The van der Waals surface area contributed by atoms with E-state index in [1.165, 1.54) is 0 Å². The van der Waals surface area contributed by atoms with E-state index in [9.17, 15) is 9.59 Å². The second kappa shape index (κ2) is 5.66. The fourth-order valence-corrected chi connectivity index (χ4v) is 1.97. The van der Waals surface area contributed by atoms with Gasteiger partial charge in [0.15, 0.2) is 0 Å². The van der Waals surface area contributed by atoms with Crippen molar-refractivity contribution in [2.24, 2.45) is 5.92 Å². The number of carbonyl (C=O) groups excluding carboxylic acids is 1. The number of allylic oxidation sites excluding steroid dienone is 2. The zero-order valence-electron chi connectivity index (χ0n) is 9.95. The molecule has 0 atom stereocenters. The van der Waals surface area contributed by atoms with Gasteiger partial charge >= 0.3 is 5.97 Å². The van der Waals surface area contributed by atoms with Gasteiger partial charge in [-0.3, -0.25) is 4.79 Å². The van der Waals surface area contributed by atoms with Crippen LogP contribution in [0, 0.1) is 5.92 Å². The summed E-state index contributed by atoms with van der Waals surface area (Å²) in [6.45, 7) is 7.20. The van der Waals surface area contributed by atoms with Gasteiger partial charge in [-0.05, 0) is 32.1 Å². The van der Waals surface area contributed by atoms with Crippen LogP contribution >= 0.6 is 0 Å². The summed E-state index contributed by atoms with van der Waals surface area (Å²) in [4.78, 5) is 23.1. The second-order valence-electron chi connectivity index (χ2n) is 4.48. The van der Waals surface area contributed by atoms with Crippen molar-refractivity contribution < 1.29 is 14.7 Å². The van der Waals surface area contributed by atoms with Gasteiger partial charge in [0.2, 0.25) is 5.91 Å². The Hall–Kier alpha value is -1.58. The van der Waals surface area contributed by atoms with Gasteiger partial charge in [-0.1, -0.05) is 12.2 Å². The Morgan fingerprint density at radius 2 is 1.82 bits per heavy atom. The number of amides is 1. The van der Waals surface area contributed by atoms with Crippen LogP contribution in [-0.4, -0.2) is 22.5 Å². The molecule has 0 unspecified atom stereocenters. The van der Waals surface area contributed by atoms with E-state index in [0.29, 0.717) is 25.7 Å². The van der Waals surface area contributed by atoms with Crippen molar-refractivity contribution >= 4 is 11.9 Å². The normalized spacial score (nSPS) is 17.0. The highest BCUT2D eigenvalue weighted by molar-refractivity contribution is 5.89. The fraction of sp³-hybridized carbons (Fsp3) is 0.538. The third-order valence-corrected chi connectivity index (χ3v) is 3.25. The summed E-state index contributed by atoms with van der Waals surface area (Å²) in [6.07, 6.45) is 6.29. The van der Waals surface area contributed by atoms with Crippen LogP contribution in [0.25, 0.3) is 0 Å². The first kappa shape index (κ1) is 13.5. The molecule has 1 aliphatic rings. The highest BCUT2D eigenvalue weighted by atomic mass is 16.4. The molecule has 0 aromatic heterocycles. The molecular formula is C13H19NO3. The van der Waals surface area contributed by atoms with E-state index in [0.717, 1.165) is 6.42 Å². The van der Waals surface area contributed by atoms with Gasteiger partial charge in [0, 0.05) is 5.92 Å². The average Bonchev–Trinajstić information content (AvgIpc) is 2.22. The molecule has 4 nitrogen and oxygen atoms in total. The number of carbonyl (C=O) groups is 2. The quantitative estimate of drug-likeness (QED) is 0.664. The Morgan fingerprint density at radius 1 is 1.29 bits per heavy atom. The molecule has 94 valence electrons. The lowest BCUT2D eigenvalue weighted by atomic mass is 9.76. The van der Waals surface area contributed by atoms with Crippen molar-refractivity contribution in [1.29, 1.82) is 0 Å². The molecule has 0 aliphatic heterocycles. The standard InChI is InChI=1S/C13H19NO3/c1-3-6-10(7-4-2)11(15)14-13(12(16)17)8-5-9-13/h3-4,10H,1-2,5-9H2,(H,14,15)(H,16,17). The van der Waals surface area contributed by atoms with Crippen molar-refractivity contribution in [1.82, 2.24) is 5.32 Å². The van der Waals surface area contributed by atoms with Gasteiger partial charge in [0.1, 0.15) is 5.54 Å². The van der Waals surface area contributed by atoms with Gasteiger partial charge in [0.05, 0.1) is 0 Å². The highest BCUT2D eigenvalue weighted by Gasteiger charge is 2.46. The Bertz CT molecular complexity index is 322. The van der Waals surface area contributed by atoms with Crippen LogP contribution in [0.4, 0.5) is 0 Å². The van der Waals surface area contributed by atoms with E-state index in [1.54, 1.807) is 12.2 Å². The Kier molecular flexibility index (Phi) is 4.49.